The van der Waals surface area contributed by atoms with E-state index >= 15 is 0 Å². The van der Waals surface area contributed by atoms with E-state index in [4.69, 9.17) is 0 Å². The highest BCUT2D eigenvalue weighted by Crippen LogP contribution is 2.16. The number of anilines is 1. The molecule has 3 nitrogen and oxygen atoms in total. The largest absolute Gasteiger partial charge is 0.334 e. The first-order valence-electron chi connectivity index (χ1n) is 4.33. The van der Waals surface area contributed by atoms with Crippen LogP contribution in [0.1, 0.15) is 6.42 Å². The van der Waals surface area contributed by atoms with Crippen LogP contribution in [-0.2, 0) is 0 Å². The maximum absolute atomic E-state index is 13.0. The van der Waals surface area contributed by atoms with E-state index in [0.717, 1.165) is 11.0 Å². The van der Waals surface area contributed by atoms with E-state index in [1.54, 1.807) is 18.5 Å². The topological polar surface area (TPSA) is 29.0 Å². The minimum Gasteiger partial charge on any atom is -0.334 e. The summed E-state index contributed by atoms with van der Waals surface area (Å²) in [6.07, 6.45) is 5.65. The molecule has 0 aliphatic carbocycles. The molecule has 5 heteroatoms. The number of aromatic nitrogens is 2. The van der Waals surface area contributed by atoms with Crippen molar-refractivity contribution in [1.82, 2.24) is 9.97 Å². The maximum atomic E-state index is 13.0. The molecule has 0 saturated heterocycles. The van der Waals surface area contributed by atoms with Crippen LogP contribution in [-0.4, -0.2) is 23.1 Å². The second kappa shape index (κ2) is 4.04. The van der Waals surface area contributed by atoms with Crippen LogP contribution in [0, 0.1) is 0 Å². The van der Waals surface area contributed by atoms with Crippen molar-refractivity contribution in [3.63, 3.8) is 0 Å². The molecule has 1 aromatic rings. The fourth-order valence-electron chi connectivity index (χ4n) is 1.34. The molecule has 0 N–H and O–H groups in total. The normalized spacial score (nSPS) is 16.7. The van der Waals surface area contributed by atoms with E-state index in [0.29, 0.717) is 12.4 Å². The fourth-order valence-corrected chi connectivity index (χ4v) is 1.55. The SMILES string of the molecule is FC1=CCCN(c2ncc(Br)cn2)C1. The summed E-state index contributed by atoms with van der Waals surface area (Å²) in [5, 5.41) is 0. The van der Waals surface area contributed by atoms with Gasteiger partial charge in [0.05, 0.1) is 11.0 Å². The second-order valence-electron chi connectivity index (χ2n) is 3.06. The molecule has 2 rings (SSSR count). The summed E-state index contributed by atoms with van der Waals surface area (Å²) in [6.45, 7) is 1.05. The summed E-state index contributed by atoms with van der Waals surface area (Å²) >= 11 is 3.25. The molecule has 0 bridgehead atoms. The number of hydrogen-bond acceptors (Lipinski definition) is 3. The van der Waals surface area contributed by atoms with Crippen molar-refractivity contribution < 1.29 is 4.39 Å². The van der Waals surface area contributed by atoms with Crippen molar-refractivity contribution in [2.24, 2.45) is 0 Å². The van der Waals surface area contributed by atoms with E-state index in [9.17, 15) is 4.39 Å². The lowest BCUT2D eigenvalue weighted by molar-refractivity contribution is 0.570. The van der Waals surface area contributed by atoms with Crippen molar-refractivity contribution in [3.8, 4) is 0 Å². The smallest absolute Gasteiger partial charge is 0.225 e. The Kier molecular flexibility index (Phi) is 2.77. The molecule has 1 aliphatic heterocycles. The Hall–Kier alpha value is -0.970. The van der Waals surface area contributed by atoms with Gasteiger partial charge in [-0.25, -0.2) is 14.4 Å². The van der Waals surface area contributed by atoms with Gasteiger partial charge in [0.15, 0.2) is 0 Å². The molecule has 0 fully saturated rings. The number of hydrogen-bond donors (Lipinski definition) is 0. The highest BCUT2D eigenvalue weighted by Gasteiger charge is 2.14. The zero-order valence-electron chi connectivity index (χ0n) is 7.45. The third-order valence-electron chi connectivity index (χ3n) is 2.00. The van der Waals surface area contributed by atoms with E-state index in [1.807, 2.05) is 4.90 Å². The first-order chi connectivity index (χ1) is 6.75. The molecular weight excluding hydrogens is 249 g/mol. The van der Waals surface area contributed by atoms with Gasteiger partial charge >= 0.3 is 0 Å². The second-order valence-corrected chi connectivity index (χ2v) is 3.98. The van der Waals surface area contributed by atoms with Crippen LogP contribution in [0.3, 0.4) is 0 Å². The van der Waals surface area contributed by atoms with Crippen molar-refractivity contribution >= 4 is 21.9 Å². The lowest BCUT2D eigenvalue weighted by Gasteiger charge is -2.23. The van der Waals surface area contributed by atoms with Crippen molar-refractivity contribution in [1.29, 1.82) is 0 Å². The van der Waals surface area contributed by atoms with Crippen LogP contribution in [0.2, 0.25) is 0 Å². The average molecular weight is 258 g/mol. The summed E-state index contributed by atoms with van der Waals surface area (Å²) in [7, 11) is 0. The van der Waals surface area contributed by atoms with Crippen LogP contribution >= 0.6 is 15.9 Å². The Morgan fingerprint density at radius 2 is 2.07 bits per heavy atom. The van der Waals surface area contributed by atoms with Crippen LogP contribution in [0.25, 0.3) is 0 Å². The lowest BCUT2D eigenvalue weighted by Crippen LogP contribution is -2.30. The Morgan fingerprint density at radius 3 is 2.71 bits per heavy atom. The van der Waals surface area contributed by atoms with Crippen molar-refractivity contribution in [2.45, 2.75) is 6.42 Å². The van der Waals surface area contributed by atoms with Crippen LogP contribution in [0.15, 0.2) is 28.8 Å². The zero-order valence-corrected chi connectivity index (χ0v) is 9.04. The first-order valence-corrected chi connectivity index (χ1v) is 5.12. The van der Waals surface area contributed by atoms with Gasteiger partial charge in [0.25, 0.3) is 0 Å². The molecule has 14 heavy (non-hydrogen) atoms. The summed E-state index contributed by atoms with van der Waals surface area (Å²) in [5.41, 5.74) is 0. The minimum atomic E-state index is -0.109. The molecule has 0 aromatic carbocycles. The Labute approximate surface area is 89.8 Å². The van der Waals surface area contributed by atoms with E-state index in [1.165, 1.54) is 0 Å². The number of nitrogens with zero attached hydrogens (tertiary/aromatic N) is 3. The van der Waals surface area contributed by atoms with Crippen LogP contribution < -0.4 is 4.90 Å². The fraction of sp³-hybridized carbons (Fsp3) is 0.333. The standard InChI is InChI=1S/C9H9BrFN3/c10-7-4-12-9(13-5-7)14-3-1-2-8(11)6-14/h2,4-5H,1,3,6H2. The van der Waals surface area contributed by atoms with Gasteiger partial charge in [-0.2, -0.15) is 0 Å². The van der Waals surface area contributed by atoms with Gasteiger partial charge in [0, 0.05) is 18.9 Å². The van der Waals surface area contributed by atoms with E-state index < -0.39 is 0 Å². The molecule has 1 aliphatic rings. The first kappa shape index (κ1) is 9.58. The summed E-state index contributed by atoms with van der Waals surface area (Å²) in [5.74, 6) is 0.471. The molecule has 2 heterocycles. The van der Waals surface area contributed by atoms with Crippen LogP contribution in [0.5, 0.6) is 0 Å². The van der Waals surface area contributed by atoms with Gasteiger partial charge in [-0.15, -0.1) is 0 Å². The molecule has 74 valence electrons. The molecule has 0 radical (unpaired) electrons. The Morgan fingerprint density at radius 1 is 1.36 bits per heavy atom. The highest BCUT2D eigenvalue weighted by molar-refractivity contribution is 9.10. The van der Waals surface area contributed by atoms with Gasteiger partial charge in [0.2, 0.25) is 5.95 Å². The average Bonchev–Trinajstić information content (AvgIpc) is 2.19. The third kappa shape index (κ3) is 2.09. The van der Waals surface area contributed by atoms with Gasteiger partial charge in [-0.05, 0) is 28.4 Å². The predicted octanol–water partition coefficient (Wildman–Crippen LogP) is 2.30. The van der Waals surface area contributed by atoms with Crippen molar-refractivity contribution in [3.05, 3.63) is 28.8 Å². The zero-order chi connectivity index (χ0) is 9.97. The van der Waals surface area contributed by atoms with Crippen LogP contribution in [0.4, 0.5) is 10.3 Å². The summed E-state index contributed by atoms with van der Waals surface area (Å²) in [6, 6.07) is 0. The molecule has 1 aromatic heterocycles. The third-order valence-corrected chi connectivity index (χ3v) is 2.41. The van der Waals surface area contributed by atoms with E-state index in [2.05, 4.69) is 25.9 Å². The van der Waals surface area contributed by atoms with Gasteiger partial charge < -0.3 is 4.90 Å². The monoisotopic (exact) mass is 257 g/mol. The molecular formula is C9H9BrFN3. The van der Waals surface area contributed by atoms with Gasteiger partial charge in [-0.3, -0.25) is 0 Å². The predicted molar refractivity (Wildman–Crippen MR) is 55.8 cm³/mol. The van der Waals surface area contributed by atoms with Gasteiger partial charge in [0.1, 0.15) is 5.83 Å². The quantitative estimate of drug-likeness (QED) is 0.773. The lowest BCUT2D eigenvalue weighted by atomic mass is 10.2. The van der Waals surface area contributed by atoms with Crippen molar-refractivity contribution in [2.75, 3.05) is 18.0 Å². The number of halogens is 2. The summed E-state index contributed by atoms with van der Waals surface area (Å²) in [4.78, 5) is 10.0. The molecule has 0 spiro atoms. The minimum absolute atomic E-state index is 0.109. The van der Waals surface area contributed by atoms with E-state index in [-0.39, 0.29) is 12.4 Å². The highest BCUT2D eigenvalue weighted by atomic mass is 79.9. The number of rotatable bonds is 1. The molecule has 0 saturated carbocycles. The molecule has 0 unspecified atom stereocenters. The van der Waals surface area contributed by atoms with Gasteiger partial charge in [-0.1, -0.05) is 0 Å². The molecule has 0 amide bonds. The Bertz CT molecular complexity index is 350. The Balaban J connectivity index is 2.16. The molecule has 0 atom stereocenters. The summed E-state index contributed by atoms with van der Waals surface area (Å²) < 4.78 is 13.8. The maximum Gasteiger partial charge on any atom is 0.225 e.